The molecule has 0 saturated carbocycles. The second-order valence-corrected chi connectivity index (χ2v) is 6.60. The molecule has 3 rings (SSSR count). The number of urea groups is 1. The smallest absolute Gasteiger partial charge is 0.322 e. The van der Waals surface area contributed by atoms with Gasteiger partial charge in [0.05, 0.1) is 6.21 Å². The summed E-state index contributed by atoms with van der Waals surface area (Å²) in [6.07, 6.45) is 2.67. The summed E-state index contributed by atoms with van der Waals surface area (Å²) in [6, 6.07) is 16.3. The summed E-state index contributed by atoms with van der Waals surface area (Å²) in [4.78, 5) is 24.8. The van der Waals surface area contributed by atoms with Crippen molar-refractivity contribution in [2.45, 2.75) is 25.3 Å². The van der Waals surface area contributed by atoms with Gasteiger partial charge in [-0.3, -0.25) is 4.79 Å². The normalized spacial score (nSPS) is 20.3. The van der Waals surface area contributed by atoms with E-state index in [2.05, 4.69) is 10.4 Å². The van der Waals surface area contributed by atoms with E-state index in [1.807, 2.05) is 30.3 Å². The molecule has 128 valence electrons. The van der Waals surface area contributed by atoms with Crippen LogP contribution in [0.3, 0.4) is 0 Å². The summed E-state index contributed by atoms with van der Waals surface area (Å²) in [5.41, 5.74) is 0.918. The van der Waals surface area contributed by atoms with Crippen molar-refractivity contribution in [2.24, 2.45) is 5.10 Å². The number of aryl methyl sites for hydroxylation is 1. The van der Waals surface area contributed by atoms with Gasteiger partial charge in [-0.05, 0) is 43.0 Å². The van der Waals surface area contributed by atoms with Crippen molar-refractivity contribution in [3.63, 3.8) is 0 Å². The Balaban J connectivity index is 1.69. The number of halogens is 1. The molecule has 1 saturated heterocycles. The zero-order chi connectivity index (χ0) is 17.9. The maximum absolute atomic E-state index is 12.6. The monoisotopic (exact) mass is 355 g/mol. The molecule has 6 heteroatoms. The first-order valence-electron chi connectivity index (χ1n) is 7.98. The molecular weight excluding hydrogens is 338 g/mol. The van der Waals surface area contributed by atoms with Crippen LogP contribution in [-0.4, -0.2) is 28.7 Å². The topological polar surface area (TPSA) is 61.8 Å². The van der Waals surface area contributed by atoms with Crippen LogP contribution in [-0.2, 0) is 11.2 Å². The predicted octanol–water partition coefficient (Wildman–Crippen LogP) is 3.62. The van der Waals surface area contributed by atoms with E-state index < -0.39 is 11.6 Å². The van der Waals surface area contributed by atoms with Crippen LogP contribution >= 0.6 is 11.6 Å². The number of nitrogens with zero attached hydrogens (tertiary/aromatic N) is 2. The van der Waals surface area contributed by atoms with Crippen molar-refractivity contribution in [1.29, 1.82) is 0 Å². The van der Waals surface area contributed by atoms with E-state index in [0.29, 0.717) is 17.9 Å². The van der Waals surface area contributed by atoms with Gasteiger partial charge < -0.3 is 5.32 Å². The first kappa shape index (κ1) is 17.2. The summed E-state index contributed by atoms with van der Waals surface area (Å²) in [5.74, 6) is -0.348. The Kier molecular flexibility index (Phi) is 4.86. The van der Waals surface area contributed by atoms with Gasteiger partial charge >= 0.3 is 6.03 Å². The SMILES string of the molecule is C[C@]1(CCc2ccccc2)NC(=O)N(/N=C\c2ccc(Cl)cc2)C1=O. The number of imide groups is 1. The lowest BCUT2D eigenvalue weighted by atomic mass is 9.93. The number of rotatable bonds is 5. The van der Waals surface area contributed by atoms with E-state index in [9.17, 15) is 9.59 Å². The largest absolute Gasteiger partial charge is 0.346 e. The first-order chi connectivity index (χ1) is 12.0. The average molecular weight is 356 g/mol. The fourth-order valence-corrected chi connectivity index (χ4v) is 2.78. The third-order valence-corrected chi connectivity index (χ3v) is 4.44. The molecule has 0 bridgehead atoms. The van der Waals surface area contributed by atoms with Crippen LogP contribution in [0.2, 0.25) is 5.02 Å². The highest BCUT2D eigenvalue weighted by Crippen LogP contribution is 2.23. The van der Waals surface area contributed by atoms with Gasteiger partial charge in [-0.2, -0.15) is 5.10 Å². The third-order valence-electron chi connectivity index (χ3n) is 4.19. The highest BCUT2D eigenvalue weighted by atomic mass is 35.5. The van der Waals surface area contributed by atoms with Crippen LogP contribution in [0, 0.1) is 0 Å². The van der Waals surface area contributed by atoms with E-state index in [4.69, 9.17) is 11.6 Å². The van der Waals surface area contributed by atoms with E-state index in [1.165, 1.54) is 6.21 Å². The molecule has 1 fully saturated rings. The van der Waals surface area contributed by atoms with Gasteiger partial charge in [0.2, 0.25) is 0 Å². The molecule has 1 atom stereocenters. The Hall–Kier alpha value is -2.66. The van der Waals surface area contributed by atoms with Gasteiger partial charge in [0.1, 0.15) is 5.54 Å². The lowest BCUT2D eigenvalue weighted by molar-refractivity contribution is -0.130. The highest BCUT2D eigenvalue weighted by Gasteiger charge is 2.47. The second kappa shape index (κ2) is 7.07. The first-order valence-corrected chi connectivity index (χ1v) is 8.36. The van der Waals surface area contributed by atoms with Crippen LogP contribution < -0.4 is 5.32 Å². The summed E-state index contributed by atoms with van der Waals surface area (Å²) in [6.45, 7) is 1.73. The Labute approximate surface area is 151 Å². The molecule has 2 aromatic rings. The van der Waals surface area contributed by atoms with Crippen LogP contribution in [0.15, 0.2) is 59.7 Å². The number of carbonyl (C=O) groups excluding carboxylic acids is 2. The fraction of sp³-hybridized carbons (Fsp3) is 0.211. The summed E-state index contributed by atoms with van der Waals surface area (Å²) in [7, 11) is 0. The number of carbonyl (C=O) groups is 2. The number of nitrogens with one attached hydrogen (secondary N) is 1. The molecule has 0 unspecified atom stereocenters. The minimum atomic E-state index is -0.954. The Morgan fingerprint density at radius 3 is 2.48 bits per heavy atom. The number of amides is 3. The van der Waals surface area contributed by atoms with E-state index in [0.717, 1.165) is 16.1 Å². The molecule has 5 nitrogen and oxygen atoms in total. The minimum absolute atomic E-state index is 0.348. The Morgan fingerprint density at radius 1 is 1.12 bits per heavy atom. The zero-order valence-electron chi connectivity index (χ0n) is 13.8. The third kappa shape index (κ3) is 3.88. The number of benzene rings is 2. The fourth-order valence-electron chi connectivity index (χ4n) is 2.65. The average Bonchev–Trinajstić information content (AvgIpc) is 2.83. The summed E-state index contributed by atoms with van der Waals surface area (Å²) in [5, 5.41) is 8.29. The van der Waals surface area contributed by atoms with Gasteiger partial charge in [-0.15, -0.1) is 5.01 Å². The van der Waals surface area contributed by atoms with Crippen LogP contribution in [0.1, 0.15) is 24.5 Å². The van der Waals surface area contributed by atoms with E-state index >= 15 is 0 Å². The zero-order valence-corrected chi connectivity index (χ0v) is 14.5. The summed E-state index contributed by atoms with van der Waals surface area (Å²) >= 11 is 5.83. The molecule has 0 aromatic heterocycles. The maximum atomic E-state index is 12.6. The van der Waals surface area contributed by atoms with Crippen molar-refractivity contribution in [3.8, 4) is 0 Å². The van der Waals surface area contributed by atoms with Crippen molar-refractivity contribution in [2.75, 3.05) is 0 Å². The summed E-state index contributed by atoms with van der Waals surface area (Å²) < 4.78 is 0. The second-order valence-electron chi connectivity index (χ2n) is 6.16. The van der Waals surface area contributed by atoms with Crippen molar-refractivity contribution in [1.82, 2.24) is 10.3 Å². The van der Waals surface area contributed by atoms with Crippen LogP contribution in [0.5, 0.6) is 0 Å². The molecule has 3 amide bonds. The van der Waals surface area contributed by atoms with E-state index in [-0.39, 0.29) is 5.91 Å². The van der Waals surface area contributed by atoms with Gasteiger partial charge in [-0.25, -0.2) is 4.79 Å². The van der Waals surface area contributed by atoms with Gasteiger partial charge in [-0.1, -0.05) is 54.1 Å². The molecule has 1 aliphatic rings. The molecule has 0 spiro atoms. The molecule has 0 aliphatic carbocycles. The van der Waals surface area contributed by atoms with Gasteiger partial charge in [0.15, 0.2) is 0 Å². The molecule has 25 heavy (non-hydrogen) atoms. The van der Waals surface area contributed by atoms with Crippen molar-refractivity contribution >= 4 is 29.8 Å². The molecule has 1 heterocycles. The number of hydrazone groups is 1. The number of hydrogen-bond donors (Lipinski definition) is 1. The molecule has 1 aliphatic heterocycles. The molecule has 2 aromatic carbocycles. The van der Waals surface area contributed by atoms with Crippen molar-refractivity contribution < 1.29 is 9.59 Å². The lowest BCUT2D eigenvalue weighted by Crippen LogP contribution is -2.44. The lowest BCUT2D eigenvalue weighted by Gasteiger charge is -2.20. The van der Waals surface area contributed by atoms with Gasteiger partial charge in [0, 0.05) is 5.02 Å². The maximum Gasteiger partial charge on any atom is 0.346 e. The van der Waals surface area contributed by atoms with Crippen LogP contribution in [0.25, 0.3) is 0 Å². The Morgan fingerprint density at radius 2 is 1.80 bits per heavy atom. The van der Waals surface area contributed by atoms with Gasteiger partial charge in [0.25, 0.3) is 5.91 Å². The molecule has 0 radical (unpaired) electrons. The van der Waals surface area contributed by atoms with E-state index in [1.54, 1.807) is 31.2 Å². The predicted molar refractivity (Wildman–Crippen MR) is 97.6 cm³/mol. The quantitative estimate of drug-likeness (QED) is 0.657. The molecule has 1 N–H and O–H groups in total. The highest BCUT2D eigenvalue weighted by molar-refractivity contribution is 6.30. The number of hydrogen-bond acceptors (Lipinski definition) is 3. The molecular formula is C19H18ClN3O2. The standard InChI is InChI=1S/C19H18ClN3O2/c1-19(12-11-14-5-3-2-4-6-14)17(24)23(18(25)22-19)21-13-15-7-9-16(20)10-8-15/h2-10,13H,11-12H2,1H3,(H,22,25)/b21-13-/t19-/m1/s1. The van der Waals surface area contributed by atoms with Crippen LogP contribution in [0.4, 0.5) is 4.79 Å². The Bertz CT molecular complexity index is 805. The van der Waals surface area contributed by atoms with Crippen molar-refractivity contribution in [3.05, 3.63) is 70.7 Å². The minimum Gasteiger partial charge on any atom is -0.322 e.